The second-order valence-corrected chi connectivity index (χ2v) is 6.25. The lowest BCUT2D eigenvalue weighted by atomic mass is 10.1. The summed E-state index contributed by atoms with van der Waals surface area (Å²) in [7, 11) is -3.49. The van der Waals surface area contributed by atoms with E-state index >= 15 is 0 Å². The van der Waals surface area contributed by atoms with Gasteiger partial charge in [-0.15, -0.1) is 0 Å². The summed E-state index contributed by atoms with van der Waals surface area (Å²) in [4.78, 5) is 0. The monoisotopic (exact) mass is 259 g/mol. The van der Waals surface area contributed by atoms with Gasteiger partial charge in [0, 0.05) is 11.6 Å². The number of hydrogen-bond donors (Lipinski definition) is 1. The van der Waals surface area contributed by atoms with E-state index in [0.717, 1.165) is 0 Å². The fourth-order valence-corrected chi connectivity index (χ4v) is 2.85. The van der Waals surface area contributed by atoms with Crippen LogP contribution in [0.25, 0.3) is 0 Å². The second kappa shape index (κ2) is 5.60. The van der Waals surface area contributed by atoms with E-state index in [1.54, 1.807) is 13.0 Å². The van der Waals surface area contributed by atoms with Crippen LogP contribution in [-0.2, 0) is 15.8 Å². The van der Waals surface area contributed by atoms with Gasteiger partial charge in [0.05, 0.1) is 5.75 Å². The number of hydrogen-bond acceptors (Lipinski definition) is 2. The zero-order valence-corrected chi connectivity index (χ0v) is 11.1. The molecule has 5 heteroatoms. The first-order chi connectivity index (χ1) is 7.82. The first-order valence-electron chi connectivity index (χ1n) is 5.55. The van der Waals surface area contributed by atoms with E-state index in [2.05, 4.69) is 4.72 Å². The van der Waals surface area contributed by atoms with Crippen LogP contribution in [0, 0.1) is 11.7 Å². The van der Waals surface area contributed by atoms with Gasteiger partial charge < -0.3 is 0 Å². The second-order valence-electron chi connectivity index (χ2n) is 4.50. The van der Waals surface area contributed by atoms with Crippen LogP contribution in [0.2, 0.25) is 0 Å². The van der Waals surface area contributed by atoms with Crippen molar-refractivity contribution in [3.05, 3.63) is 35.6 Å². The van der Waals surface area contributed by atoms with Gasteiger partial charge >= 0.3 is 0 Å². The molecule has 0 aliphatic heterocycles. The zero-order chi connectivity index (χ0) is 13.1. The van der Waals surface area contributed by atoms with E-state index < -0.39 is 15.8 Å². The van der Waals surface area contributed by atoms with E-state index in [1.165, 1.54) is 18.2 Å². The van der Waals surface area contributed by atoms with Crippen LogP contribution in [0.1, 0.15) is 26.3 Å². The molecular weight excluding hydrogens is 241 g/mol. The van der Waals surface area contributed by atoms with Gasteiger partial charge in [-0.25, -0.2) is 17.5 Å². The summed E-state index contributed by atoms with van der Waals surface area (Å²) in [5, 5.41) is 0. The molecule has 0 saturated heterocycles. The zero-order valence-electron chi connectivity index (χ0n) is 10.3. The minimum Gasteiger partial charge on any atom is -0.212 e. The molecule has 1 aromatic rings. The number of rotatable bonds is 5. The summed E-state index contributed by atoms with van der Waals surface area (Å²) in [5.74, 6) is -0.614. The van der Waals surface area contributed by atoms with Gasteiger partial charge in [-0.05, 0) is 18.9 Å². The lowest BCUT2D eigenvalue weighted by Gasteiger charge is -2.17. The van der Waals surface area contributed by atoms with Gasteiger partial charge in [-0.3, -0.25) is 0 Å². The van der Waals surface area contributed by atoms with Gasteiger partial charge in [-0.2, -0.15) is 0 Å². The molecule has 1 N–H and O–H groups in total. The molecule has 0 aliphatic carbocycles. The predicted octanol–water partition coefficient (Wildman–Crippen LogP) is 2.29. The Balaban J connectivity index is 2.77. The Morgan fingerprint density at radius 1 is 1.24 bits per heavy atom. The Kier molecular flexibility index (Phi) is 4.65. The Bertz CT molecular complexity index is 471. The molecule has 0 heterocycles. The molecule has 0 amide bonds. The minimum absolute atomic E-state index is 0.160. The molecular formula is C12H18FNO2S. The maximum Gasteiger partial charge on any atom is 0.216 e. The maximum absolute atomic E-state index is 13.3. The molecule has 0 aliphatic rings. The van der Waals surface area contributed by atoms with E-state index in [-0.39, 0.29) is 23.3 Å². The van der Waals surface area contributed by atoms with Gasteiger partial charge in [0.2, 0.25) is 10.0 Å². The van der Waals surface area contributed by atoms with Gasteiger partial charge in [0.15, 0.2) is 0 Å². The summed E-state index contributed by atoms with van der Waals surface area (Å²) in [5.41, 5.74) is 0.191. The van der Waals surface area contributed by atoms with Crippen LogP contribution < -0.4 is 4.72 Å². The smallest absolute Gasteiger partial charge is 0.212 e. The Hall–Kier alpha value is -0.940. The van der Waals surface area contributed by atoms with Crippen molar-refractivity contribution in [2.24, 2.45) is 5.92 Å². The standard InChI is InChI=1S/C12H18FNO2S/c1-9(2)10(3)14-17(15,16)8-11-6-4-5-7-12(11)13/h4-7,9-10,14H,8H2,1-3H3/t10-/m1/s1. The molecule has 1 aromatic carbocycles. The molecule has 0 radical (unpaired) electrons. The fourth-order valence-electron chi connectivity index (χ4n) is 1.28. The van der Waals surface area contributed by atoms with Gasteiger partial charge in [0.1, 0.15) is 5.82 Å². The van der Waals surface area contributed by atoms with Crippen molar-refractivity contribution in [1.29, 1.82) is 0 Å². The Morgan fingerprint density at radius 3 is 2.35 bits per heavy atom. The summed E-state index contributed by atoms with van der Waals surface area (Å²) < 4.78 is 39.4. The number of nitrogens with one attached hydrogen (secondary N) is 1. The highest BCUT2D eigenvalue weighted by Crippen LogP contribution is 2.11. The van der Waals surface area contributed by atoms with Crippen LogP contribution in [0.5, 0.6) is 0 Å². The van der Waals surface area contributed by atoms with Crippen LogP contribution in [0.4, 0.5) is 4.39 Å². The van der Waals surface area contributed by atoms with Crippen molar-refractivity contribution in [3.8, 4) is 0 Å². The molecule has 1 atom stereocenters. The van der Waals surface area contributed by atoms with Crippen molar-refractivity contribution in [1.82, 2.24) is 4.72 Å². The SMILES string of the molecule is CC(C)[C@@H](C)NS(=O)(=O)Cc1ccccc1F. The van der Waals surface area contributed by atoms with E-state index in [9.17, 15) is 12.8 Å². The number of benzene rings is 1. The lowest BCUT2D eigenvalue weighted by molar-refractivity contribution is 0.475. The maximum atomic E-state index is 13.3. The van der Waals surface area contributed by atoms with Crippen LogP contribution in [0.15, 0.2) is 24.3 Å². The summed E-state index contributed by atoms with van der Waals surface area (Å²) in [6.07, 6.45) is 0. The Labute approximate surface area is 102 Å². The highest BCUT2D eigenvalue weighted by molar-refractivity contribution is 7.88. The number of sulfonamides is 1. The molecule has 0 aromatic heterocycles. The Morgan fingerprint density at radius 2 is 1.82 bits per heavy atom. The molecule has 0 bridgehead atoms. The first kappa shape index (κ1) is 14.1. The third kappa shape index (κ3) is 4.44. The van der Waals surface area contributed by atoms with Crippen LogP contribution in [0.3, 0.4) is 0 Å². The molecule has 0 saturated carbocycles. The molecule has 17 heavy (non-hydrogen) atoms. The average molecular weight is 259 g/mol. The van der Waals surface area contributed by atoms with Crippen LogP contribution >= 0.6 is 0 Å². The molecule has 0 spiro atoms. The lowest BCUT2D eigenvalue weighted by Crippen LogP contribution is -2.36. The topological polar surface area (TPSA) is 46.2 Å². The predicted molar refractivity (Wildman–Crippen MR) is 66.5 cm³/mol. The third-order valence-corrected chi connectivity index (χ3v) is 4.09. The van der Waals surface area contributed by atoms with Gasteiger partial charge in [-0.1, -0.05) is 32.0 Å². The van der Waals surface area contributed by atoms with E-state index in [4.69, 9.17) is 0 Å². The van der Waals surface area contributed by atoms with Crippen molar-refractivity contribution >= 4 is 10.0 Å². The quantitative estimate of drug-likeness (QED) is 0.882. The van der Waals surface area contributed by atoms with Gasteiger partial charge in [0.25, 0.3) is 0 Å². The normalized spacial score (nSPS) is 13.9. The molecule has 0 fully saturated rings. The average Bonchev–Trinajstić information content (AvgIpc) is 2.20. The van der Waals surface area contributed by atoms with Crippen molar-refractivity contribution in [2.75, 3.05) is 0 Å². The van der Waals surface area contributed by atoms with Crippen molar-refractivity contribution in [3.63, 3.8) is 0 Å². The summed E-state index contributed by atoms with van der Waals surface area (Å²) in [6.45, 7) is 5.65. The molecule has 3 nitrogen and oxygen atoms in total. The first-order valence-corrected chi connectivity index (χ1v) is 7.20. The summed E-state index contributed by atoms with van der Waals surface area (Å²) in [6, 6.07) is 5.74. The highest BCUT2D eigenvalue weighted by atomic mass is 32.2. The third-order valence-electron chi connectivity index (χ3n) is 2.67. The molecule has 96 valence electrons. The highest BCUT2D eigenvalue weighted by Gasteiger charge is 2.18. The molecule has 1 rings (SSSR count). The summed E-state index contributed by atoms with van der Waals surface area (Å²) >= 11 is 0. The van der Waals surface area contributed by atoms with E-state index in [0.29, 0.717) is 0 Å². The van der Waals surface area contributed by atoms with Crippen LogP contribution in [-0.4, -0.2) is 14.5 Å². The largest absolute Gasteiger partial charge is 0.216 e. The van der Waals surface area contributed by atoms with Crippen molar-refractivity contribution < 1.29 is 12.8 Å². The fraction of sp³-hybridized carbons (Fsp3) is 0.500. The number of halogens is 1. The molecule has 0 unspecified atom stereocenters. The minimum atomic E-state index is -3.49. The van der Waals surface area contributed by atoms with E-state index in [1.807, 2.05) is 13.8 Å². The van der Waals surface area contributed by atoms with Crippen molar-refractivity contribution in [2.45, 2.75) is 32.6 Å².